The summed E-state index contributed by atoms with van der Waals surface area (Å²) in [7, 11) is 0. The molecule has 1 aliphatic rings. The number of anilines is 2. The third kappa shape index (κ3) is 4.07. The van der Waals surface area contributed by atoms with Gasteiger partial charge in [0.1, 0.15) is 17.5 Å². The lowest BCUT2D eigenvalue weighted by molar-refractivity contribution is -0.122. The lowest BCUT2D eigenvalue weighted by Crippen LogP contribution is -2.28. The van der Waals surface area contributed by atoms with Crippen LogP contribution < -0.4 is 10.2 Å². The first-order valence-corrected chi connectivity index (χ1v) is 9.53. The van der Waals surface area contributed by atoms with Crippen LogP contribution in [-0.2, 0) is 16.1 Å². The quantitative estimate of drug-likeness (QED) is 0.700. The zero-order valence-corrected chi connectivity index (χ0v) is 16.3. The van der Waals surface area contributed by atoms with Crippen molar-refractivity contribution < 1.29 is 18.4 Å². The summed E-state index contributed by atoms with van der Waals surface area (Å²) in [6, 6.07) is 10.4. The fourth-order valence-corrected chi connectivity index (χ4v) is 3.52. The van der Waals surface area contributed by atoms with E-state index >= 15 is 0 Å². The zero-order chi connectivity index (χ0) is 21.3. The van der Waals surface area contributed by atoms with Crippen molar-refractivity contribution in [1.82, 2.24) is 9.55 Å². The maximum absolute atomic E-state index is 14.0. The Kier molecular flexibility index (Phi) is 5.31. The molecule has 8 heteroatoms. The van der Waals surface area contributed by atoms with Gasteiger partial charge in [0.05, 0.1) is 11.6 Å². The van der Waals surface area contributed by atoms with Crippen LogP contribution in [0.3, 0.4) is 0 Å². The molecule has 4 rings (SSSR count). The summed E-state index contributed by atoms with van der Waals surface area (Å²) in [6.45, 7) is 2.65. The summed E-state index contributed by atoms with van der Waals surface area (Å²) in [5.74, 6) is -1.93. The van der Waals surface area contributed by atoms with Gasteiger partial charge in [0.15, 0.2) is 0 Å². The van der Waals surface area contributed by atoms with Crippen molar-refractivity contribution in [3.05, 3.63) is 77.9 Å². The molecular formula is C22H20F2N4O2. The average molecular weight is 410 g/mol. The SMILES string of the molecule is Cc1nccn1Cc1ccc(NC(=O)C2CC(=O)N(c3ccc(F)cc3F)C2)cc1. The lowest BCUT2D eigenvalue weighted by Gasteiger charge is -2.17. The van der Waals surface area contributed by atoms with Crippen molar-refractivity contribution in [2.75, 3.05) is 16.8 Å². The smallest absolute Gasteiger partial charge is 0.229 e. The highest BCUT2D eigenvalue weighted by Gasteiger charge is 2.36. The number of hydrogen-bond donors (Lipinski definition) is 1. The summed E-state index contributed by atoms with van der Waals surface area (Å²) in [5, 5.41) is 2.81. The van der Waals surface area contributed by atoms with E-state index in [1.165, 1.54) is 11.0 Å². The first-order chi connectivity index (χ1) is 14.4. The number of aromatic nitrogens is 2. The van der Waals surface area contributed by atoms with E-state index in [1.54, 1.807) is 18.3 Å². The van der Waals surface area contributed by atoms with Gasteiger partial charge < -0.3 is 14.8 Å². The number of rotatable bonds is 5. The largest absolute Gasteiger partial charge is 0.331 e. The highest BCUT2D eigenvalue weighted by atomic mass is 19.1. The minimum atomic E-state index is -0.826. The molecule has 2 aromatic carbocycles. The van der Waals surface area contributed by atoms with E-state index in [4.69, 9.17) is 0 Å². The normalized spacial score (nSPS) is 16.2. The van der Waals surface area contributed by atoms with Crippen LogP contribution in [0.25, 0.3) is 0 Å². The molecule has 0 spiro atoms. The van der Waals surface area contributed by atoms with Crippen LogP contribution in [0.1, 0.15) is 17.8 Å². The molecule has 1 unspecified atom stereocenters. The van der Waals surface area contributed by atoms with Gasteiger partial charge in [-0.25, -0.2) is 13.8 Å². The minimum Gasteiger partial charge on any atom is -0.331 e. The molecule has 6 nitrogen and oxygen atoms in total. The maximum atomic E-state index is 14.0. The topological polar surface area (TPSA) is 67.2 Å². The number of nitrogens with zero attached hydrogens (tertiary/aromatic N) is 3. The predicted molar refractivity (Wildman–Crippen MR) is 108 cm³/mol. The number of hydrogen-bond acceptors (Lipinski definition) is 3. The Morgan fingerprint density at radius 1 is 1.20 bits per heavy atom. The second-order valence-electron chi connectivity index (χ2n) is 7.29. The van der Waals surface area contributed by atoms with Gasteiger partial charge in [-0.05, 0) is 36.8 Å². The van der Waals surface area contributed by atoms with Gasteiger partial charge in [0, 0.05) is 43.7 Å². The van der Waals surface area contributed by atoms with Crippen molar-refractivity contribution >= 4 is 23.2 Å². The summed E-state index contributed by atoms with van der Waals surface area (Å²) in [6.07, 6.45) is 3.62. The number of halogens is 2. The van der Waals surface area contributed by atoms with E-state index in [-0.39, 0.29) is 30.5 Å². The van der Waals surface area contributed by atoms with Gasteiger partial charge in [-0.1, -0.05) is 12.1 Å². The average Bonchev–Trinajstić information content (AvgIpc) is 3.29. The van der Waals surface area contributed by atoms with Gasteiger partial charge in [-0.15, -0.1) is 0 Å². The van der Waals surface area contributed by atoms with Crippen LogP contribution in [0.2, 0.25) is 0 Å². The molecule has 1 aromatic heterocycles. The molecule has 0 radical (unpaired) electrons. The van der Waals surface area contributed by atoms with Crippen molar-refractivity contribution in [2.24, 2.45) is 5.92 Å². The Balaban J connectivity index is 1.39. The first-order valence-electron chi connectivity index (χ1n) is 9.53. The Labute approximate surface area is 172 Å². The molecule has 1 aliphatic heterocycles. The molecule has 2 heterocycles. The molecule has 0 saturated carbocycles. The molecule has 154 valence electrons. The number of nitrogens with one attached hydrogen (secondary N) is 1. The third-order valence-corrected chi connectivity index (χ3v) is 5.19. The monoisotopic (exact) mass is 410 g/mol. The van der Waals surface area contributed by atoms with E-state index in [1.807, 2.05) is 29.8 Å². The molecule has 30 heavy (non-hydrogen) atoms. The fraction of sp³-hybridized carbons (Fsp3) is 0.227. The van der Waals surface area contributed by atoms with E-state index in [2.05, 4.69) is 10.3 Å². The molecule has 0 aliphatic carbocycles. The highest BCUT2D eigenvalue weighted by molar-refractivity contribution is 6.03. The Hall–Kier alpha value is -3.55. The molecule has 0 bridgehead atoms. The number of benzene rings is 2. The second kappa shape index (κ2) is 8.06. The van der Waals surface area contributed by atoms with Crippen molar-refractivity contribution in [2.45, 2.75) is 19.9 Å². The van der Waals surface area contributed by atoms with Crippen LogP contribution in [0.15, 0.2) is 54.9 Å². The number of imidazole rings is 1. The van der Waals surface area contributed by atoms with E-state index < -0.39 is 17.6 Å². The van der Waals surface area contributed by atoms with E-state index in [9.17, 15) is 18.4 Å². The summed E-state index contributed by atoms with van der Waals surface area (Å²) in [5.41, 5.74) is 1.66. The number of carbonyl (C=O) groups is 2. The van der Waals surface area contributed by atoms with E-state index in [0.29, 0.717) is 12.2 Å². The van der Waals surface area contributed by atoms with Gasteiger partial charge in [0.2, 0.25) is 11.8 Å². The molecule has 3 aromatic rings. The number of aryl methyl sites for hydroxylation is 1. The molecular weight excluding hydrogens is 390 g/mol. The molecule has 2 amide bonds. The van der Waals surface area contributed by atoms with Crippen LogP contribution >= 0.6 is 0 Å². The molecule has 1 fully saturated rings. The zero-order valence-electron chi connectivity index (χ0n) is 16.3. The molecule has 1 saturated heterocycles. The summed E-state index contributed by atoms with van der Waals surface area (Å²) >= 11 is 0. The second-order valence-corrected chi connectivity index (χ2v) is 7.29. The van der Waals surface area contributed by atoms with Crippen LogP contribution in [0.5, 0.6) is 0 Å². The Morgan fingerprint density at radius 2 is 1.97 bits per heavy atom. The molecule has 1 N–H and O–H groups in total. The predicted octanol–water partition coefficient (Wildman–Crippen LogP) is 3.51. The highest BCUT2D eigenvalue weighted by Crippen LogP contribution is 2.28. The summed E-state index contributed by atoms with van der Waals surface area (Å²) < 4.78 is 29.1. The van der Waals surface area contributed by atoms with Gasteiger partial charge in [-0.2, -0.15) is 0 Å². The van der Waals surface area contributed by atoms with Crippen molar-refractivity contribution in [1.29, 1.82) is 0 Å². The first kappa shape index (κ1) is 19.8. The van der Waals surface area contributed by atoms with Crippen LogP contribution in [0, 0.1) is 24.5 Å². The fourth-order valence-electron chi connectivity index (χ4n) is 3.52. The van der Waals surface area contributed by atoms with Crippen LogP contribution in [-0.4, -0.2) is 27.9 Å². The number of amides is 2. The minimum absolute atomic E-state index is 0.0177. The van der Waals surface area contributed by atoms with Crippen LogP contribution in [0.4, 0.5) is 20.2 Å². The standard InChI is InChI=1S/C22H20F2N4O2/c1-14-25-8-9-27(14)12-15-2-5-18(6-3-15)26-22(30)16-10-21(29)28(13-16)20-7-4-17(23)11-19(20)24/h2-9,11,16H,10,12-13H2,1H3,(H,26,30). The maximum Gasteiger partial charge on any atom is 0.229 e. The number of carbonyl (C=O) groups excluding carboxylic acids is 2. The van der Waals surface area contributed by atoms with Gasteiger partial charge >= 0.3 is 0 Å². The Bertz CT molecular complexity index is 1090. The lowest BCUT2D eigenvalue weighted by atomic mass is 10.1. The Morgan fingerprint density at radius 3 is 2.63 bits per heavy atom. The van der Waals surface area contributed by atoms with Gasteiger partial charge in [-0.3, -0.25) is 9.59 Å². The van der Waals surface area contributed by atoms with Gasteiger partial charge in [0.25, 0.3) is 0 Å². The van der Waals surface area contributed by atoms with Crippen molar-refractivity contribution in [3.63, 3.8) is 0 Å². The van der Waals surface area contributed by atoms with E-state index in [0.717, 1.165) is 23.5 Å². The molecule has 1 atom stereocenters. The summed E-state index contributed by atoms with van der Waals surface area (Å²) in [4.78, 5) is 30.3. The van der Waals surface area contributed by atoms with Crippen molar-refractivity contribution in [3.8, 4) is 0 Å². The third-order valence-electron chi connectivity index (χ3n) is 5.19.